The van der Waals surface area contributed by atoms with Crippen LogP contribution in [-0.4, -0.2) is 18.2 Å². The first-order valence-electron chi connectivity index (χ1n) is 4.23. The molecular weight excluding hydrogens is 180 g/mol. The van der Waals surface area contributed by atoms with Gasteiger partial charge in [-0.25, -0.2) is 4.79 Å². The van der Waals surface area contributed by atoms with Crippen molar-refractivity contribution in [1.82, 2.24) is 0 Å². The molecule has 0 heterocycles. The number of methoxy groups -OCH3 is 1. The number of carbonyl (C=O) groups excluding carboxylic acids is 1. The number of rotatable bonds is 2. The van der Waals surface area contributed by atoms with E-state index in [9.17, 15) is 4.79 Å². The molecule has 0 saturated heterocycles. The maximum atomic E-state index is 11.3. The summed E-state index contributed by atoms with van der Waals surface area (Å²) in [6.07, 6.45) is 1.68. The Morgan fingerprint density at radius 3 is 2.36 bits per heavy atom. The van der Waals surface area contributed by atoms with Crippen LogP contribution < -0.4 is 0 Å². The number of benzene rings is 1. The SMILES string of the molecule is CC=C(C(=O)OC)c1ccc(O)cc1. The number of phenols is 1. The van der Waals surface area contributed by atoms with Gasteiger partial charge < -0.3 is 9.84 Å². The summed E-state index contributed by atoms with van der Waals surface area (Å²) in [5.41, 5.74) is 1.23. The fourth-order valence-electron chi connectivity index (χ4n) is 1.15. The molecule has 3 heteroatoms. The fourth-order valence-corrected chi connectivity index (χ4v) is 1.15. The highest BCUT2D eigenvalue weighted by Crippen LogP contribution is 2.18. The van der Waals surface area contributed by atoms with Crippen molar-refractivity contribution in [2.24, 2.45) is 0 Å². The second-order valence-electron chi connectivity index (χ2n) is 2.74. The topological polar surface area (TPSA) is 46.5 Å². The fraction of sp³-hybridized carbons (Fsp3) is 0.182. The van der Waals surface area contributed by atoms with Crippen molar-refractivity contribution in [3.63, 3.8) is 0 Å². The van der Waals surface area contributed by atoms with Crippen LogP contribution in [0.2, 0.25) is 0 Å². The second kappa shape index (κ2) is 4.46. The molecule has 0 bridgehead atoms. The van der Waals surface area contributed by atoms with Gasteiger partial charge in [0.05, 0.1) is 12.7 Å². The average molecular weight is 192 g/mol. The normalized spacial score (nSPS) is 11.1. The zero-order valence-electron chi connectivity index (χ0n) is 8.15. The Labute approximate surface area is 82.6 Å². The summed E-state index contributed by atoms with van der Waals surface area (Å²) in [7, 11) is 1.34. The summed E-state index contributed by atoms with van der Waals surface area (Å²) >= 11 is 0. The quantitative estimate of drug-likeness (QED) is 0.575. The lowest BCUT2D eigenvalue weighted by atomic mass is 10.1. The zero-order valence-corrected chi connectivity index (χ0v) is 8.15. The Bertz CT molecular complexity index is 349. The standard InChI is InChI=1S/C11H12O3/c1-3-10(11(13)14-2)8-4-6-9(12)7-5-8/h3-7,12H,1-2H3. The van der Waals surface area contributed by atoms with Gasteiger partial charge in [-0.15, -0.1) is 0 Å². The van der Waals surface area contributed by atoms with Gasteiger partial charge in [0.2, 0.25) is 0 Å². The molecule has 74 valence electrons. The lowest BCUT2D eigenvalue weighted by molar-refractivity contribution is -0.133. The van der Waals surface area contributed by atoms with Crippen molar-refractivity contribution >= 4 is 11.5 Å². The predicted molar refractivity (Wildman–Crippen MR) is 53.8 cm³/mol. The first-order valence-corrected chi connectivity index (χ1v) is 4.23. The third-order valence-corrected chi connectivity index (χ3v) is 1.87. The number of carbonyl (C=O) groups is 1. The molecule has 0 amide bonds. The number of allylic oxidation sites excluding steroid dienone is 1. The summed E-state index contributed by atoms with van der Waals surface area (Å²) in [5.74, 6) is -0.202. The van der Waals surface area contributed by atoms with Gasteiger partial charge in [0.25, 0.3) is 0 Å². The highest BCUT2D eigenvalue weighted by Gasteiger charge is 2.10. The third kappa shape index (κ3) is 2.13. The largest absolute Gasteiger partial charge is 0.508 e. The minimum Gasteiger partial charge on any atom is -0.508 e. The van der Waals surface area contributed by atoms with E-state index in [-0.39, 0.29) is 11.7 Å². The predicted octanol–water partition coefficient (Wildman–Crippen LogP) is 1.97. The molecule has 0 aliphatic carbocycles. The number of ether oxygens (including phenoxy) is 1. The Kier molecular flexibility index (Phi) is 3.29. The molecule has 1 aromatic carbocycles. The lowest BCUT2D eigenvalue weighted by Gasteiger charge is -2.04. The van der Waals surface area contributed by atoms with Crippen LogP contribution in [0.4, 0.5) is 0 Å². The van der Waals surface area contributed by atoms with Crippen LogP contribution in [0.25, 0.3) is 5.57 Å². The van der Waals surface area contributed by atoms with Gasteiger partial charge in [-0.1, -0.05) is 18.2 Å². The number of esters is 1. The molecule has 14 heavy (non-hydrogen) atoms. The number of hydrogen-bond donors (Lipinski definition) is 1. The highest BCUT2D eigenvalue weighted by atomic mass is 16.5. The van der Waals surface area contributed by atoms with Gasteiger partial charge in [0, 0.05) is 0 Å². The van der Waals surface area contributed by atoms with Crippen molar-refractivity contribution in [1.29, 1.82) is 0 Å². The van der Waals surface area contributed by atoms with Crippen LogP contribution in [0.3, 0.4) is 0 Å². The lowest BCUT2D eigenvalue weighted by Crippen LogP contribution is -2.03. The number of phenolic OH excluding ortho intramolecular Hbond substituents is 1. The molecule has 1 aromatic rings. The van der Waals surface area contributed by atoms with Gasteiger partial charge in [-0.2, -0.15) is 0 Å². The van der Waals surface area contributed by atoms with E-state index in [1.165, 1.54) is 19.2 Å². The summed E-state index contributed by atoms with van der Waals surface area (Å²) in [6.45, 7) is 1.76. The number of hydrogen-bond acceptors (Lipinski definition) is 3. The van der Waals surface area contributed by atoms with E-state index in [4.69, 9.17) is 5.11 Å². The summed E-state index contributed by atoms with van der Waals surface area (Å²) in [5, 5.41) is 9.07. The molecule has 0 atom stereocenters. The molecule has 0 aliphatic rings. The molecule has 0 aliphatic heterocycles. The number of aromatic hydroxyl groups is 1. The summed E-state index contributed by atoms with van der Waals surface area (Å²) in [6, 6.07) is 6.40. The van der Waals surface area contributed by atoms with Crippen LogP contribution in [0.1, 0.15) is 12.5 Å². The molecule has 0 radical (unpaired) electrons. The van der Waals surface area contributed by atoms with E-state index in [0.717, 1.165) is 5.56 Å². The monoisotopic (exact) mass is 192 g/mol. The first-order chi connectivity index (χ1) is 6.69. The maximum absolute atomic E-state index is 11.3. The highest BCUT2D eigenvalue weighted by molar-refractivity contribution is 6.16. The third-order valence-electron chi connectivity index (χ3n) is 1.87. The Morgan fingerprint density at radius 1 is 1.36 bits per heavy atom. The van der Waals surface area contributed by atoms with Crippen LogP contribution in [0, 0.1) is 0 Å². The smallest absolute Gasteiger partial charge is 0.338 e. The van der Waals surface area contributed by atoms with Crippen molar-refractivity contribution in [2.75, 3.05) is 7.11 Å². The van der Waals surface area contributed by atoms with Crippen LogP contribution in [-0.2, 0) is 9.53 Å². The van der Waals surface area contributed by atoms with Gasteiger partial charge in [0.1, 0.15) is 5.75 Å². The Balaban J connectivity index is 3.03. The molecule has 0 aromatic heterocycles. The minimum atomic E-state index is -0.377. The van der Waals surface area contributed by atoms with Gasteiger partial charge in [-0.3, -0.25) is 0 Å². The van der Waals surface area contributed by atoms with Crippen molar-refractivity contribution in [2.45, 2.75) is 6.92 Å². The molecule has 0 spiro atoms. The molecule has 1 rings (SSSR count). The van der Waals surface area contributed by atoms with E-state index >= 15 is 0 Å². The van der Waals surface area contributed by atoms with E-state index in [2.05, 4.69) is 4.74 Å². The van der Waals surface area contributed by atoms with Crippen LogP contribution in [0.5, 0.6) is 5.75 Å². The van der Waals surface area contributed by atoms with Crippen molar-refractivity contribution < 1.29 is 14.6 Å². The van der Waals surface area contributed by atoms with Crippen LogP contribution >= 0.6 is 0 Å². The maximum Gasteiger partial charge on any atom is 0.338 e. The van der Waals surface area contributed by atoms with E-state index in [0.29, 0.717) is 5.57 Å². The van der Waals surface area contributed by atoms with Crippen LogP contribution in [0.15, 0.2) is 30.3 Å². The van der Waals surface area contributed by atoms with Crippen molar-refractivity contribution in [3.05, 3.63) is 35.9 Å². The van der Waals surface area contributed by atoms with E-state index in [1.54, 1.807) is 25.1 Å². The summed E-state index contributed by atoms with van der Waals surface area (Å²) in [4.78, 5) is 11.3. The van der Waals surface area contributed by atoms with Gasteiger partial charge in [-0.05, 0) is 24.6 Å². The molecule has 0 saturated carbocycles. The minimum absolute atomic E-state index is 0.175. The Hall–Kier alpha value is -1.77. The van der Waals surface area contributed by atoms with Gasteiger partial charge >= 0.3 is 5.97 Å². The molecular formula is C11H12O3. The molecule has 1 N–H and O–H groups in total. The first kappa shape index (κ1) is 10.3. The van der Waals surface area contributed by atoms with Gasteiger partial charge in [0.15, 0.2) is 0 Å². The Morgan fingerprint density at radius 2 is 1.93 bits per heavy atom. The van der Waals surface area contributed by atoms with E-state index in [1.807, 2.05) is 0 Å². The second-order valence-corrected chi connectivity index (χ2v) is 2.74. The summed E-state index contributed by atoms with van der Waals surface area (Å²) < 4.78 is 4.62. The molecule has 0 unspecified atom stereocenters. The van der Waals surface area contributed by atoms with Crippen molar-refractivity contribution in [3.8, 4) is 5.75 Å². The van der Waals surface area contributed by atoms with E-state index < -0.39 is 0 Å². The molecule has 0 fully saturated rings. The average Bonchev–Trinajstić information content (AvgIpc) is 2.21. The zero-order chi connectivity index (χ0) is 10.6. The molecule has 3 nitrogen and oxygen atoms in total.